The fourth-order valence-electron chi connectivity index (χ4n) is 4.70. The third-order valence-corrected chi connectivity index (χ3v) is 6.46. The van der Waals surface area contributed by atoms with E-state index in [1.807, 2.05) is 0 Å². The average molecular weight is 473 g/mol. The van der Waals surface area contributed by atoms with Crippen LogP contribution in [0.25, 0.3) is 16.7 Å². The molecule has 1 N–H and O–H groups in total. The van der Waals surface area contributed by atoms with E-state index in [-0.39, 0.29) is 23.1 Å². The Bertz CT molecular complexity index is 1410. The van der Waals surface area contributed by atoms with Crippen molar-refractivity contribution in [3.8, 4) is 5.69 Å². The number of carbonyl (C=O) groups excluding carboxylic acids is 1. The molecule has 1 aliphatic carbocycles. The minimum atomic E-state index is -4.68. The zero-order chi connectivity index (χ0) is 23.8. The number of H-pyrrole nitrogens is 1. The summed E-state index contributed by atoms with van der Waals surface area (Å²) in [5.41, 5.74) is 0.186. The van der Waals surface area contributed by atoms with E-state index in [0.29, 0.717) is 11.2 Å². The number of benzene rings is 2. The molecule has 2 aromatic heterocycles. The molecule has 174 valence electrons. The van der Waals surface area contributed by atoms with Crippen LogP contribution in [0.2, 0.25) is 0 Å². The summed E-state index contributed by atoms with van der Waals surface area (Å²) in [7, 11) is 0. The predicted octanol–water partition coefficient (Wildman–Crippen LogP) is 5.16. The fraction of sp³-hybridized carbons (Fsp3) is 0.261. The van der Waals surface area contributed by atoms with Crippen molar-refractivity contribution in [1.29, 1.82) is 0 Å². The van der Waals surface area contributed by atoms with Gasteiger partial charge in [-0.15, -0.1) is 0 Å². The van der Waals surface area contributed by atoms with Gasteiger partial charge < -0.3 is 9.88 Å². The van der Waals surface area contributed by atoms with E-state index in [1.54, 1.807) is 18.2 Å². The quantitative estimate of drug-likeness (QED) is 0.329. The van der Waals surface area contributed by atoms with Gasteiger partial charge in [-0.2, -0.15) is 18.3 Å². The molecule has 0 spiro atoms. The summed E-state index contributed by atoms with van der Waals surface area (Å²) in [6, 6.07) is 6.82. The third-order valence-electron chi connectivity index (χ3n) is 6.46. The number of halogens is 5. The lowest BCUT2D eigenvalue weighted by Gasteiger charge is -2.48. The van der Waals surface area contributed by atoms with Crippen molar-refractivity contribution >= 4 is 22.6 Å². The van der Waals surface area contributed by atoms with E-state index in [9.17, 15) is 18.0 Å². The van der Waals surface area contributed by atoms with Gasteiger partial charge in [0.15, 0.2) is 5.69 Å². The Morgan fingerprint density at radius 1 is 1.00 bits per heavy atom. The molecule has 2 atom stereocenters. The summed E-state index contributed by atoms with van der Waals surface area (Å²) in [6.07, 6.45) is -0.583. The van der Waals surface area contributed by atoms with Crippen molar-refractivity contribution in [2.45, 2.75) is 25.1 Å². The zero-order valence-corrected chi connectivity index (χ0v) is 17.4. The van der Waals surface area contributed by atoms with E-state index < -0.39 is 35.5 Å². The smallest absolute Gasteiger partial charge is 0.345 e. The standard InChI is InChI=1S/C23H16F5N5O/c24-14-7-13(32-6-5-18(31-32)23(26,27)28)8-15(25)20(14)21-19(11-1-2-11)22(34)33(21)12-3-4-16-17(9-12)30-10-29-16/h3-11,19,21H,1-2H2,(H,29,30). The van der Waals surface area contributed by atoms with E-state index in [4.69, 9.17) is 0 Å². The van der Waals surface area contributed by atoms with Gasteiger partial charge in [0, 0.05) is 29.6 Å². The van der Waals surface area contributed by atoms with Crippen molar-refractivity contribution in [2.24, 2.45) is 11.8 Å². The Morgan fingerprint density at radius 2 is 1.74 bits per heavy atom. The van der Waals surface area contributed by atoms with Crippen LogP contribution in [0, 0.1) is 23.5 Å². The Labute approximate surface area is 189 Å². The molecule has 3 heterocycles. The molecule has 0 bridgehead atoms. The first-order valence-corrected chi connectivity index (χ1v) is 10.6. The van der Waals surface area contributed by atoms with Crippen LogP contribution in [0.3, 0.4) is 0 Å². The molecule has 1 saturated carbocycles. The molecule has 2 unspecified atom stereocenters. The highest BCUT2D eigenvalue weighted by molar-refractivity contribution is 6.04. The Kier molecular flexibility index (Phi) is 4.36. The number of imidazole rings is 1. The molecule has 1 amide bonds. The first-order chi connectivity index (χ1) is 16.2. The lowest BCUT2D eigenvalue weighted by molar-refractivity contribution is -0.141. The van der Waals surface area contributed by atoms with Crippen molar-refractivity contribution in [3.63, 3.8) is 0 Å². The van der Waals surface area contributed by atoms with Crippen LogP contribution in [0.5, 0.6) is 0 Å². The van der Waals surface area contributed by atoms with Crippen LogP contribution in [-0.4, -0.2) is 25.7 Å². The van der Waals surface area contributed by atoms with E-state index in [1.165, 1.54) is 11.2 Å². The third kappa shape index (κ3) is 3.17. The second-order valence-electron chi connectivity index (χ2n) is 8.59. The van der Waals surface area contributed by atoms with Crippen molar-refractivity contribution in [3.05, 3.63) is 71.8 Å². The van der Waals surface area contributed by atoms with Crippen LogP contribution >= 0.6 is 0 Å². The Balaban J connectivity index is 1.41. The highest BCUT2D eigenvalue weighted by atomic mass is 19.4. The van der Waals surface area contributed by atoms with Gasteiger partial charge in [0.25, 0.3) is 0 Å². The zero-order valence-electron chi connectivity index (χ0n) is 17.4. The number of anilines is 1. The van der Waals surface area contributed by atoms with Gasteiger partial charge in [-0.05, 0) is 43.0 Å². The van der Waals surface area contributed by atoms with Crippen LogP contribution < -0.4 is 4.90 Å². The van der Waals surface area contributed by atoms with Gasteiger partial charge in [-0.25, -0.2) is 18.4 Å². The maximum absolute atomic E-state index is 15.3. The molecule has 0 radical (unpaired) electrons. The van der Waals surface area contributed by atoms with Crippen molar-refractivity contribution < 1.29 is 26.7 Å². The average Bonchev–Trinajstić information content (AvgIpc) is 3.26. The Hall–Kier alpha value is -3.76. The lowest BCUT2D eigenvalue weighted by atomic mass is 9.78. The van der Waals surface area contributed by atoms with Gasteiger partial charge in [-0.1, -0.05) is 0 Å². The molecule has 1 aliphatic heterocycles. The summed E-state index contributed by atoms with van der Waals surface area (Å²) in [5, 5.41) is 3.38. The van der Waals surface area contributed by atoms with E-state index in [0.717, 1.165) is 47.4 Å². The topological polar surface area (TPSA) is 66.8 Å². The minimum Gasteiger partial charge on any atom is -0.345 e. The molecule has 11 heteroatoms. The fourth-order valence-corrected chi connectivity index (χ4v) is 4.70. The predicted molar refractivity (Wildman–Crippen MR) is 111 cm³/mol. The number of hydrogen-bond acceptors (Lipinski definition) is 3. The summed E-state index contributed by atoms with van der Waals surface area (Å²) in [5.74, 6) is -2.64. The van der Waals surface area contributed by atoms with Crippen LogP contribution in [0.15, 0.2) is 48.9 Å². The van der Waals surface area contributed by atoms with Gasteiger partial charge in [-0.3, -0.25) is 4.79 Å². The molecule has 6 rings (SSSR count). The molecule has 1 saturated heterocycles. The summed E-state index contributed by atoms with van der Waals surface area (Å²) < 4.78 is 70.0. The molecular weight excluding hydrogens is 457 g/mol. The number of nitrogens with one attached hydrogen (secondary N) is 1. The number of aromatic nitrogens is 4. The maximum Gasteiger partial charge on any atom is 0.435 e. The number of carbonyl (C=O) groups is 1. The second kappa shape index (κ2) is 7.12. The molecule has 6 nitrogen and oxygen atoms in total. The van der Waals surface area contributed by atoms with E-state index >= 15 is 8.78 Å². The largest absolute Gasteiger partial charge is 0.435 e. The number of fused-ring (bicyclic) bond motifs is 1. The highest BCUT2D eigenvalue weighted by Gasteiger charge is 2.56. The first kappa shape index (κ1) is 20.8. The van der Waals surface area contributed by atoms with Gasteiger partial charge in [0.1, 0.15) is 11.6 Å². The number of rotatable bonds is 4. The minimum absolute atomic E-state index is 0.0433. The van der Waals surface area contributed by atoms with Gasteiger partial charge in [0.2, 0.25) is 5.91 Å². The summed E-state index contributed by atoms with van der Waals surface area (Å²) >= 11 is 0. The monoisotopic (exact) mass is 473 g/mol. The van der Waals surface area contributed by atoms with E-state index in [2.05, 4.69) is 15.1 Å². The first-order valence-electron chi connectivity index (χ1n) is 10.6. The second-order valence-corrected chi connectivity index (χ2v) is 8.59. The summed E-state index contributed by atoms with van der Waals surface area (Å²) in [6.45, 7) is 0. The SMILES string of the molecule is O=C1C(C2CC2)C(c2c(F)cc(-n3ccc(C(F)(F)F)n3)cc2F)N1c1ccc2[nH]cnc2c1. The number of aromatic amines is 1. The number of alkyl halides is 3. The lowest BCUT2D eigenvalue weighted by Crippen LogP contribution is -2.56. The summed E-state index contributed by atoms with van der Waals surface area (Å²) in [4.78, 5) is 21.5. The van der Waals surface area contributed by atoms with Crippen molar-refractivity contribution in [2.75, 3.05) is 4.90 Å². The molecule has 34 heavy (non-hydrogen) atoms. The number of nitrogens with zero attached hydrogens (tertiary/aromatic N) is 4. The number of hydrogen-bond donors (Lipinski definition) is 1. The highest BCUT2D eigenvalue weighted by Crippen LogP contribution is 2.55. The van der Waals surface area contributed by atoms with Crippen LogP contribution in [0.4, 0.5) is 27.6 Å². The number of β-lactam (4-membered cyclic amide) rings is 1. The van der Waals surface area contributed by atoms with Crippen LogP contribution in [-0.2, 0) is 11.0 Å². The molecule has 2 aromatic carbocycles. The molecular formula is C23H16F5N5O. The van der Waals surface area contributed by atoms with Gasteiger partial charge >= 0.3 is 6.18 Å². The van der Waals surface area contributed by atoms with Crippen molar-refractivity contribution in [1.82, 2.24) is 19.7 Å². The van der Waals surface area contributed by atoms with Crippen LogP contribution in [0.1, 0.15) is 30.1 Å². The number of amides is 1. The Morgan fingerprint density at radius 3 is 2.38 bits per heavy atom. The molecule has 2 aliphatic rings. The molecule has 2 fully saturated rings. The normalized spacial score (nSPS) is 20.7. The van der Waals surface area contributed by atoms with Gasteiger partial charge in [0.05, 0.1) is 35.0 Å². The maximum atomic E-state index is 15.3. The molecule has 4 aromatic rings.